The van der Waals surface area contributed by atoms with Gasteiger partial charge in [-0.1, -0.05) is 23.2 Å². The number of halogens is 2. The van der Waals surface area contributed by atoms with Gasteiger partial charge in [0, 0.05) is 10.8 Å². The highest BCUT2D eigenvalue weighted by molar-refractivity contribution is 6.44. The Labute approximate surface area is 140 Å². The molecule has 5 aromatic rings. The molecule has 0 aliphatic carbocycles. The molecule has 0 saturated heterocycles. The standard InChI is InChI=1S/C12H4Cl2N10/c13-3-5(15)10-8(18-20-10)1-2-7-4(14)12(24-22-23-24)11(9(2)19-17-7)21-16-6(1)3/h22-23H,15H2. The predicted molar refractivity (Wildman–Crippen MR) is 88.0 cm³/mol. The van der Waals surface area contributed by atoms with Gasteiger partial charge in [0.25, 0.3) is 0 Å². The molecular weight excluding hydrogens is 355 g/mol. The Balaban J connectivity index is 2.00. The quantitative estimate of drug-likeness (QED) is 0.387. The van der Waals surface area contributed by atoms with Crippen LogP contribution in [0.3, 0.4) is 0 Å². The fraction of sp³-hybridized carbons (Fsp3) is 0. The fourth-order valence-corrected chi connectivity index (χ4v) is 3.54. The molecule has 12 heteroatoms. The molecular formula is C12H4Cl2N10. The lowest BCUT2D eigenvalue weighted by Crippen LogP contribution is -1.94. The van der Waals surface area contributed by atoms with Crippen molar-refractivity contribution in [2.75, 3.05) is 5.73 Å². The number of nitrogens with two attached hydrogens (primary N) is 1. The van der Waals surface area contributed by atoms with Gasteiger partial charge in [0.15, 0.2) is 0 Å². The van der Waals surface area contributed by atoms with E-state index in [1.165, 1.54) is 0 Å². The molecule has 0 amide bonds. The minimum Gasteiger partial charge on any atom is -0.396 e. The third-order valence-electron chi connectivity index (χ3n) is 4.18. The van der Waals surface area contributed by atoms with Crippen LogP contribution in [0.1, 0.15) is 0 Å². The maximum Gasteiger partial charge on any atom is 0.143 e. The van der Waals surface area contributed by atoms with E-state index in [1.807, 2.05) is 0 Å². The number of aromatic nitrogens is 7. The Morgan fingerprint density at radius 1 is 0.750 bits per heavy atom. The third kappa shape index (κ3) is 1.22. The van der Waals surface area contributed by atoms with E-state index in [0.717, 1.165) is 0 Å². The van der Waals surface area contributed by atoms with Crippen LogP contribution in [0.5, 0.6) is 0 Å². The van der Waals surface area contributed by atoms with E-state index < -0.39 is 0 Å². The first-order valence-electron chi connectivity index (χ1n) is 6.78. The van der Waals surface area contributed by atoms with Gasteiger partial charge in [-0.15, -0.1) is 30.6 Å². The zero-order valence-corrected chi connectivity index (χ0v) is 13.0. The zero-order valence-electron chi connectivity index (χ0n) is 11.5. The monoisotopic (exact) mass is 358 g/mol. The molecule has 0 unspecified atom stereocenters. The number of nitrogens with one attached hydrogen (secondary N) is 2. The summed E-state index contributed by atoms with van der Waals surface area (Å²) in [5.41, 5.74) is 10.0. The van der Waals surface area contributed by atoms with Crippen molar-refractivity contribution in [3.8, 4) is 5.69 Å². The van der Waals surface area contributed by atoms with E-state index in [2.05, 4.69) is 41.0 Å². The first-order chi connectivity index (χ1) is 11.7. The first-order valence-corrected chi connectivity index (χ1v) is 7.54. The van der Waals surface area contributed by atoms with Crippen LogP contribution in [0, 0.1) is 0 Å². The number of H-pyrrole nitrogens is 2. The second kappa shape index (κ2) is 3.74. The number of fused-ring (bicyclic) bond motifs is 3. The van der Waals surface area contributed by atoms with Crippen LogP contribution in [0.15, 0.2) is 10.2 Å². The number of anilines is 1. The van der Waals surface area contributed by atoms with Crippen LogP contribution in [0.4, 0.5) is 17.1 Å². The number of nitrogen functional groups attached to an aromatic ring is 1. The Morgan fingerprint density at radius 2 is 1.38 bits per heavy atom. The van der Waals surface area contributed by atoms with Crippen molar-refractivity contribution in [3.05, 3.63) is 10.0 Å². The summed E-state index contributed by atoms with van der Waals surface area (Å²) in [6.45, 7) is 0. The van der Waals surface area contributed by atoms with Gasteiger partial charge < -0.3 is 5.73 Å². The van der Waals surface area contributed by atoms with Crippen molar-refractivity contribution in [2.24, 2.45) is 10.2 Å². The third-order valence-corrected chi connectivity index (χ3v) is 4.92. The number of hydrogen-bond donors (Lipinski definition) is 3. The molecule has 24 heavy (non-hydrogen) atoms. The topological polar surface area (TPSA) is 139 Å². The highest BCUT2D eigenvalue weighted by Crippen LogP contribution is 2.54. The number of benzene rings is 2. The largest absolute Gasteiger partial charge is 0.396 e. The second-order valence-corrected chi connectivity index (χ2v) is 6.15. The summed E-state index contributed by atoms with van der Waals surface area (Å²) in [4.78, 5) is 1.60. The Hall–Kier alpha value is -2.98. The average molecular weight is 359 g/mol. The number of hydrogen-bond acceptors (Lipinski definition) is 7. The predicted octanol–water partition coefficient (Wildman–Crippen LogP) is 3.23. The maximum atomic E-state index is 6.53. The van der Waals surface area contributed by atoms with Crippen LogP contribution in [0.2, 0.25) is 10.0 Å². The summed E-state index contributed by atoms with van der Waals surface area (Å²) in [5.74, 6) is 0. The fourth-order valence-electron chi connectivity index (χ4n) is 3.02. The summed E-state index contributed by atoms with van der Waals surface area (Å²) >= 11 is 12.9. The highest BCUT2D eigenvalue weighted by Gasteiger charge is 2.29. The maximum absolute atomic E-state index is 6.53. The van der Waals surface area contributed by atoms with Gasteiger partial charge in [0.2, 0.25) is 0 Å². The average Bonchev–Trinajstić information content (AvgIpc) is 3.30. The Bertz CT molecular complexity index is 1330. The number of azo groups is 1. The summed E-state index contributed by atoms with van der Waals surface area (Å²) in [6.07, 6.45) is 0. The molecule has 2 aromatic carbocycles. The minimum atomic E-state index is 0.271. The Kier molecular flexibility index (Phi) is 1.94. The molecule has 116 valence electrons. The number of aromatic amines is 2. The molecule has 0 radical (unpaired) electrons. The highest BCUT2D eigenvalue weighted by atomic mass is 35.5. The summed E-state index contributed by atoms with van der Waals surface area (Å²) < 4.78 is 0. The van der Waals surface area contributed by atoms with E-state index in [-0.39, 0.29) is 5.02 Å². The lowest BCUT2D eigenvalue weighted by atomic mass is 10.0. The molecule has 4 heterocycles. The molecule has 0 atom stereocenters. The van der Waals surface area contributed by atoms with Gasteiger partial charge in [-0.3, -0.25) is 0 Å². The first kappa shape index (κ1) is 12.4. The van der Waals surface area contributed by atoms with Crippen molar-refractivity contribution in [1.29, 1.82) is 0 Å². The van der Waals surface area contributed by atoms with Crippen LogP contribution >= 0.6 is 23.2 Å². The second-order valence-electron chi connectivity index (χ2n) is 5.39. The molecule has 0 fully saturated rings. The van der Waals surface area contributed by atoms with Gasteiger partial charge in [0.1, 0.15) is 39.1 Å². The van der Waals surface area contributed by atoms with Gasteiger partial charge in [0.05, 0.1) is 15.7 Å². The molecule has 4 N–H and O–H groups in total. The molecule has 1 aliphatic heterocycles. The van der Waals surface area contributed by atoms with E-state index in [0.29, 0.717) is 60.6 Å². The van der Waals surface area contributed by atoms with E-state index in [4.69, 9.17) is 28.9 Å². The zero-order chi connectivity index (χ0) is 16.2. The van der Waals surface area contributed by atoms with Crippen molar-refractivity contribution in [2.45, 2.75) is 0 Å². The van der Waals surface area contributed by atoms with Crippen molar-refractivity contribution >= 4 is 73.1 Å². The molecule has 4 bridgehead atoms. The van der Waals surface area contributed by atoms with Gasteiger partial charge in [-0.05, 0) is 0 Å². The van der Waals surface area contributed by atoms with E-state index in [9.17, 15) is 0 Å². The van der Waals surface area contributed by atoms with Gasteiger partial charge >= 0.3 is 0 Å². The molecule has 1 aliphatic rings. The normalized spacial score (nSPS) is 13.4. The van der Waals surface area contributed by atoms with Gasteiger partial charge in [-0.2, -0.15) is 4.80 Å². The van der Waals surface area contributed by atoms with Crippen LogP contribution in [-0.4, -0.2) is 35.6 Å². The molecule has 0 spiro atoms. The smallest absolute Gasteiger partial charge is 0.143 e. The molecule has 3 aromatic heterocycles. The Morgan fingerprint density at radius 3 is 2.04 bits per heavy atom. The summed E-state index contributed by atoms with van der Waals surface area (Å²) in [7, 11) is 0. The number of nitrogens with zero attached hydrogens (tertiary/aromatic N) is 7. The molecule has 10 nitrogen and oxygen atoms in total. The van der Waals surface area contributed by atoms with Crippen LogP contribution < -0.4 is 5.73 Å². The summed E-state index contributed by atoms with van der Waals surface area (Å²) in [5, 5.41) is 32.7. The van der Waals surface area contributed by atoms with E-state index in [1.54, 1.807) is 4.80 Å². The van der Waals surface area contributed by atoms with Crippen molar-refractivity contribution < 1.29 is 0 Å². The van der Waals surface area contributed by atoms with Crippen molar-refractivity contribution in [3.63, 3.8) is 0 Å². The van der Waals surface area contributed by atoms with Crippen LogP contribution in [0.25, 0.3) is 38.5 Å². The molecule has 0 saturated carbocycles. The lowest BCUT2D eigenvalue weighted by Gasteiger charge is -2.14. The van der Waals surface area contributed by atoms with Crippen molar-refractivity contribution in [1.82, 2.24) is 35.6 Å². The lowest BCUT2D eigenvalue weighted by molar-refractivity contribution is 1.05. The van der Waals surface area contributed by atoms with Gasteiger partial charge in [-0.25, -0.2) is 10.4 Å². The number of rotatable bonds is 1. The van der Waals surface area contributed by atoms with Crippen LogP contribution in [-0.2, 0) is 0 Å². The SMILES string of the molecule is Nc1c2c(c3c(nnc4c(-n5[nH][nH]5)c(Cl)c5nnc4c53)c1Cl)N=N2. The molecule has 6 rings (SSSR count). The van der Waals surface area contributed by atoms with E-state index >= 15 is 0 Å². The summed E-state index contributed by atoms with van der Waals surface area (Å²) in [6, 6.07) is 0. The minimum absolute atomic E-state index is 0.271.